The first-order chi connectivity index (χ1) is 12.1. The number of oxazole rings is 1. The lowest BCUT2D eigenvalue weighted by atomic mass is 10.2. The zero-order valence-electron chi connectivity index (χ0n) is 12.9. The van der Waals surface area contributed by atoms with Gasteiger partial charge in [-0.3, -0.25) is 0 Å². The monoisotopic (exact) mass is 393 g/mol. The highest BCUT2D eigenvalue weighted by Gasteiger charge is 2.34. The highest BCUT2D eigenvalue weighted by atomic mass is 32.2. The number of thioether (sulfide) groups is 1. The normalized spacial score (nSPS) is 12.7. The Balaban J connectivity index is 2.10. The van der Waals surface area contributed by atoms with Crippen LogP contribution in [-0.4, -0.2) is 20.7 Å². The van der Waals surface area contributed by atoms with Crippen LogP contribution in [0.4, 0.5) is 26.3 Å². The lowest BCUT2D eigenvalue weighted by molar-refractivity contribution is -0.141. The van der Waals surface area contributed by atoms with E-state index in [1.165, 1.54) is 0 Å². The Labute approximate surface area is 146 Å². The zero-order chi connectivity index (χ0) is 19.1. The van der Waals surface area contributed by atoms with Gasteiger partial charge in [0.2, 0.25) is 5.89 Å². The average Bonchev–Trinajstić information content (AvgIpc) is 2.96. The van der Waals surface area contributed by atoms with E-state index < -0.39 is 23.6 Å². The number of rotatable bonds is 3. The molecule has 0 aliphatic rings. The Morgan fingerprint density at radius 1 is 1.00 bits per heavy atom. The quantitative estimate of drug-likeness (QED) is 0.438. The molecule has 0 bridgehead atoms. The van der Waals surface area contributed by atoms with Crippen LogP contribution in [-0.2, 0) is 12.4 Å². The van der Waals surface area contributed by atoms with Crippen molar-refractivity contribution in [1.29, 1.82) is 0 Å². The molecule has 0 atom stereocenters. The molecule has 0 saturated carbocycles. The molecule has 3 heterocycles. The summed E-state index contributed by atoms with van der Waals surface area (Å²) in [5.74, 6) is 0.279. The second-order valence-corrected chi connectivity index (χ2v) is 6.36. The van der Waals surface area contributed by atoms with Crippen LogP contribution in [0.25, 0.3) is 22.7 Å². The molecule has 3 aromatic heterocycles. The molecule has 3 rings (SSSR count). The molecule has 138 valence electrons. The molecular formula is C15H9F6N3OS. The van der Waals surface area contributed by atoms with Gasteiger partial charge in [0.05, 0.1) is 11.8 Å². The van der Waals surface area contributed by atoms with Crippen LogP contribution in [0.2, 0.25) is 0 Å². The maximum absolute atomic E-state index is 12.9. The van der Waals surface area contributed by atoms with Crippen molar-refractivity contribution in [3.05, 3.63) is 35.8 Å². The van der Waals surface area contributed by atoms with Crippen LogP contribution in [0.1, 0.15) is 18.2 Å². The molecule has 0 N–H and O–H groups in total. The summed E-state index contributed by atoms with van der Waals surface area (Å²) in [4.78, 5) is 11.1. The molecule has 0 fully saturated rings. The van der Waals surface area contributed by atoms with E-state index in [0.29, 0.717) is 18.0 Å². The van der Waals surface area contributed by atoms with Gasteiger partial charge in [-0.1, -0.05) is 6.92 Å². The molecule has 0 unspecified atom stereocenters. The summed E-state index contributed by atoms with van der Waals surface area (Å²) < 4.78 is 82.1. The van der Waals surface area contributed by atoms with Crippen molar-refractivity contribution in [2.45, 2.75) is 24.2 Å². The number of hydrogen-bond acceptors (Lipinski definition) is 5. The van der Waals surface area contributed by atoms with Crippen LogP contribution in [0.15, 0.2) is 33.8 Å². The van der Waals surface area contributed by atoms with Gasteiger partial charge in [0.25, 0.3) is 0 Å². The third-order valence-electron chi connectivity index (χ3n) is 3.25. The Bertz CT molecular complexity index is 951. The van der Waals surface area contributed by atoms with Crippen molar-refractivity contribution >= 4 is 22.9 Å². The van der Waals surface area contributed by atoms with Gasteiger partial charge in [0, 0.05) is 11.1 Å². The van der Waals surface area contributed by atoms with Crippen molar-refractivity contribution in [2.24, 2.45) is 0 Å². The number of hydrogen-bond donors (Lipinski definition) is 0. The molecule has 0 aromatic carbocycles. The maximum Gasteiger partial charge on any atom is 0.433 e. The van der Waals surface area contributed by atoms with E-state index >= 15 is 0 Å². The number of halogens is 6. The third-order valence-corrected chi connectivity index (χ3v) is 4.16. The Morgan fingerprint density at radius 2 is 1.73 bits per heavy atom. The fraction of sp³-hybridized carbons (Fsp3) is 0.267. The number of aromatic nitrogens is 3. The Kier molecular flexibility index (Phi) is 4.59. The van der Waals surface area contributed by atoms with E-state index in [4.69, 9.17) is 4.42 Å². The topological polar surface area (TPSA) is 51.8 Å². The summed E-state index contributed by atoms with van der Waals surface area (Å²) in [6, 6.07) is 1.61. The highest BCUT2D eigenvalue weighted by molar-refractivity contribution is 7.99. The van der Waals surface area contributed by atoms with E-state index in [2.05, 4.69) is 15.0 Å². The van der Waals surface area contributed by atoms with Gasteiger partial charge in [-0.25, -0.2) is 15.0 Å². The minimum Gasteiger partial charge on any atom is -0.433 e. The maximum atomic E-state index is 12.9. The summed E-state index contributed by atoms with van der Waals surface area (Å²) in [6.07, 6.45) is -7.72. The molecule has 0 aliphatic heterocycles. The Morgan fingerprint density at radius 3 is 2.35 bits per heavy atom. The van der Waals surface area contributed by atoms with Gasteiger partial charge in [-0.2, -0.15) is 26.3 Å². The van der Waals surface area contributed by atoms with Gasteiger partial charge in [-0.15, -0.1) is 11.8 Å². The van der Waals surface area contributed by atoms with E-state index in [0.717, 1.165) is 24.0 Å². The predicted octanol–water partition coefficient (Wildman–Crippen LogP) is 5.43. The second kappa shape index (κ2) is 6.45. The summed E-state index contributed by atoms with van der Waals surface area (Å²) in [7, 11) is 0. The standard InChI is InChI=1S/C15H9F6N3OS/c1-2-26-10-3-7(14(16,17)18)5-23-12(10)13-24-8-4-11(15(19,20)21)22-6-9(8)25-13/h3-6H,2H2,1H3. The van der Waals surface area contributed by atoms with Crippen LogP contribution < -0.4 is 0 Å². The second-order valence-electron chi connectivity index (χ2n) is 5.06. The van der Waals surface area contributed by atoms with Crippen molar-refractivity contribution in [2.75, 3.05) is 5.75 Å². The molecule has 26 heavy (non-hydrogen) atoms. The summed E-state index contributed by atoms with van der Waals surface area (Å²) >= 11 is 1.09. The summed E-state index contributed by atoms with van der Waals surface area (Å²) in [6.45, 7) is 1.74. The largest absolute Gasteiger partial charge is 0.433 e. The molecule has 11 heteroatoms. The lowest BCUT2D eigenvalue weighted by Gasteiger charge is -2.10. The first-order valence-electron chi connectivity index (χ1n) is 7.13. The smallest absolute Gasteiger partial charge is 0.433 e. The molecule has 0 radical (unpaired) electrons. The number of nitrogens with zero attached hydrogens (tertiary/aromatic N) is 3. The molecular weight excluding hydrogens is 384 g/mol. The molecule has 0 spiro atoms. The predicted molar refractivity (Wildman–Crippen MR) is 81.4 cm³/mol. The van der Waals surface area contributed by atoms with Crippen LogP contribution >= 0.6 is 11.8 Å². The molecule has 0 amide bonds. The van der Waals surface area contributed by atoms with E-state index in [-0.39, 0.29) is 27.6 Å². The van der Waals surface area contributed by atoms with Crippen LogP contribution in [0.3, 0.4) is 0 Å². The van der Waals surface area contributed by atoms with Crippen molar-refractivity contribution in [3.63, 3.8) is 0 Å². The van der Waals surface area contributed by atoms with E-state index in [9.17, 15) is 26.3 Å². The van der Waals surface area contributed by atoms with Gasteiger partial charge in [0.1, 0.15) is 16.9 Å². The van der Waals surface area contributed by atoms with Gasteiger partial charge in [0.15, 0.2) is 5.58 Å². The van der Waals surface area contributed by atoms with Crippen LogP contribution in [0, 0.1) is 0 Å². The molecule has 0 saturated heterocycles. The average molecular weight is 393 g/mol. The highest BCUT2D eigenvalue weighted by Crippen LogP contribution is 2.37. The molecule has 0 aliphatic carbocycles. The fourth-order valence-electron chi connectivity index (χ4n) is 2.12. The van der Waals surface area contributed by atoms with Crippen molar-refractivity contribution < 1.29 is 30.8 Å². The third kappa shape index (κ3) is 3.62. The van der Waals surface area contributed by atoms with E-state index in [1.807, 2.05) is 0 Å². The minimum absolute atomic E-state index is 0.0228. The minimum atomic E-state index is -4.65. The molecule has 4 nitrogen and oxygen atoms in total. The number of alkyl halides is 6. The fourth-order valence-corrected chi connectivity index (χ4v) is 2.91. The summed E-state index contributed by atoms with van der Waals surface area (Å²) in [5, 5.41) is 0. The van der Waals surface area contributed by atoms with Gasteiger partial charge in [-0.05, 0) is 17.9 Å². The number of pyridine rings is 2. The first kappa shape index (κ1) is 18.5. The number of fused-ring (bicyclic) bond motifs is 1. The lowest BCUT2D eigenvalue weighted by Crippen LogP contribution is -2.07. The van der Waals surface area contributed by atoms with Crippen LogP contribution in [0.5, 0.6) is 0 Å². The van der Waals surface area contributed by atoms with Crippen molar-refractivity contribution in [1.82, 2.24) is 15.0 Å². The first-order valence-corrected chi connectivity index (χ1v) is 8.12. The van der Waals surface area contributed by atoms with Crippen molar-refractivity contribution in [3.8, 4) is 11.6 Å². The summed E-state index contributed by atoms with van der Waals surface area (Å²) in [5.41, 5.74) is -2.20. The SMILES string of the molecule is CCSc1cc(C(F)(F)F)cnc1-c1nc2cc(C(F)(F)F)ncc2o1. The Hall–Kier alpha value is -2.30. The zero-order valence-corrected chi connectivity index (χ0v) is 13.8. The molecule has 3 aromatic rings. The van der Waals surface area contributed by atoms with Gasteiger partial charge < -0.3 is 4.42 Å². The van der Waals surface area contributed by atoms with E-state index in [1.54, 1.807) is 6.92 Å². The van der Waals surface area contributed by atoms with Gasteiger partial charge >= 0.3 is 12.4 Å².